The summed E-state index contributed by atoms with van der Waals surface area (Å²) in [5.41, 5.74) is 0.616. The molecule has 1 aromatic rings. The highest BCUT2D eigenvalue weighted by Gasteiger charge is 2.22. The van der Waals surface area contributed by atoms with Crippen molar-refractivity contribution < 1.29 is 14.8 Å². The zero-order valence-electron chi connectivity index (χ0n) is 12.2. The fourth-order valence-corrected chi connectivity index (χ4v) is 2.69. The zero-order valence-corrected chi connectivity index (χ0v) is 12.2. The van der Waals surface area contributed by atoms with Crippen LogP contribution < -0.4 is 10.1 Å². The average Bonchev–Trinajstić information content (AvgIpc) is 2.64. The van der Waals surface area contributed by atoms with E-state index in [9.17, 15) is 15.2 Å². The summed E-state index contributed by atoms with van der Waals surface area (Å²) in [5, 5.41) is 24.4. The van der Waals surface area contributed by atoms with Crippen LogP contribution in [0.4, 0.5) is 11.4 Å². The third kappa shape index (κ3) is 4.32. The van der Waals surface area contributed by atoms with E-state index in [1.54, 1.807) is 6.07 Å². The number of non-ortho nitro benzene ring substituents is 1. The van der Waals surface area contributed by atoms with Gasteiger partial charge in [-0.1, -0.05) is 19.3 Å². The molecule has 0 aromatic heterocycles. The van der Waals surface area contributed by atoms with Gasteiger partial charge in [-0.3, -0.25) is 10.1 Å². The third-order valence-corrected chi connectivity index (χ3v) is 3.74. The van der Waals surface area contributed by atoms with E-state index in [-0.39, 0.29) is 11.7 Å². The molecule has 1 fully saturated rings. The van der Waals surface area contributed by atoms with Crippen LogP contribution in [0.2, 0.25) is 0 Å². The van der Waals surface area contributed by atoms with E-state index < -0.39 is 11.0 Å². The Morgan fingerprint density at radius 3 is 2.81 bits per heavy atom. The number of aliphatic hydroxyl groups excluding tert-OH is 1. The summed E-state index contributed by atoms with van der Waals surface area (Å²) in [5.74, 6) is 0.470. The monoisotopic (exact) mass is 294 g/mol. The second kappa shape index (κ2) is 7.26. The van der Waals surface area contributed by atoms with Gasteiger partial charge in [0.2, 0.25) is 0 Å². The number of hydrogen-bond acceptors (Lipinski definition) is 5. The molecule has 0 saturated heterocycles. The molecule has 0 amide bonds. The molecule has 0 heterocycles. The van der Waals surface area contributed by atoms with E-state index in [4.69, 9.17) is 4.74 Å². The van der Waals surface area contributed by atoms with Crippen LogP contribution in [0.5, 0.6) is 5.75 Å². The van der Waals surface area contributed by atoms with Crippen LogP contribution in [0.3, 0.4) is 0 Å². The Hall–Kier alpha value is -1.82. The maximum Gasteiger partial charge on any atom is 0.275 e. The Labute approximate surface area is 124 Å². The zero-order chi connectivity index (χ0) is 15.2. The molecule has 21 heavy (non-hydrogen) atoms. The standard InChI is InChI=1S/C15H22N2O4/c1-2-21-13-9-11(8-12(10-13)17(19)20)16-14-6-4-3-5-7-15(14)18/h8-10,14-16,18H,2-7H2,1H3. The first-order valence-corrected chi connectivity index (χ1v) is 7.47. The molecule has 1 saturated carbocycles. The van der Waals surface area contributed by atoms with E-state index in [2.05, 4.69) is 5.32 Å². The molecule has 1 aliphatic carbocycles. The molecule has 1 aliphatic rings. The van der Waals surface area contributed by atoms with Gasteiger partial charge in [-0.05, 0) is 19.8 Å². The number of hydrogen-bond donors (Lipinski definition) is 2. The first kappa shape index (κ1) is 15.6. The molecule has 1 aromatic carbocycles. The quantitative estimate of drug-likeness (QED) is 0.495. The number of anilines is 1. The molecule has 116 valence electrons. The van der Waals surface area contributed by atoms with Crippen molar-refractivity contribution in [2.24, 2.45) is 0 Å². The number of aliphatic hydroxyl groups is 1. The Morgan fingerprint density at radius 1 is 1.33 bits per heavy atom. The SMILES string of the molecule is CCOc1cc(NC2CCCCCC2O)cc([N+](=O)[O-])c1. The fourth-order valence-electron chi connectivity index (χ4n) is 2.69. The summed E-state index contributed by atoms with van der Waals surface area (Å²) in [7, 11) is 0. The second-order valence-corrected chi connectivity index (χ2v) is 5.36. The lowest BCUT2D eigenvalue weighted by Gasteiger charge is -2.23. The largest absolute Gasteiger partial charge is 0.494 e. The molecule has 2 rings (SSSR count). The van der Waals surface area contributed by atoms with Gasteiger partial charge in [-0.2, -0.15) is 0 Å². The number of nitrogens with one attached hydrogen (secondary N) is 1. The van der Waals surface area contributed by atoms with Crippen molar-refractivity contribution in [1.29, 1.82) is 0 Å². The summed E-state index contributed by atoms with van der Waals surface area (Å²) in [4.78, 5) is 10.6. The third-order valence-electron chi connectivity index (χ3n) is 3.74. The summed E-state index contributed by atoms with van der Waals surface area (Å²) in [6.45, 7) is 2.29. The molecule has 2 unspecified atom stereocenters. The van der Waals surface area contributed by atoms with Gasteiger partial charge >= 0.3 is 0 Å². The Kier molecular flexibility index (Phi) is 5.38. The lowest BCUT2D eigenvalue weighted by atomic mass is 10.1. The maximum atomic E-state index is 11.0. The maximum absolute atomic E-state index is 11.0. The lowest BCUT2D eigenvalue weighted by Crippen LogP contribution is -2.32. The minimum absolute atomic E-state index is 0.00781. The Morgan fingerprint density at radius 2 is 2.10 bits per heavy atom. The van der Waals surface area contributed by atoms with Crippen molar-refractivity contribution >= 4 is 11.4 Å². The highest BCUT2D eigenvalue weighted by molar-refractivity contribution is 5.57. The summed E-state index contributed by atoms with van der Waals surface area (Å²) in [6, 6.07) is 4.58. The molecule has 6 heteroatoms. The van der Waals surface area contributed by atoms with Gasteiger partial charge in [-0.15, -0.1) is 0 Å². The van der Waals surface area contributed by atoms with Gasteiger partial charge in [0.25, 0.3) is 5.69 Å². The van der Waals surface area contributed by atoms with E-state index in [1.807, 2.05) is 6.92 Å². The molecular formula is C15H22N2O4. The van der Waals surface area contributed by atoms with Crippen LogP contribution in [-0.2, 0) is 0 Å². The minimum atomic E-state index is -0.433. The smallest absolute Gasteiger partial charge is 0.275 e. The topological polar surface area (TPSA) is 84.6 Å². The molecule has 0 bridgehead atoms. The minimum Gasteiger partial charge on any atom is -0.494 e. The molecule has 6 nitrogen and oxygen atoms in total. The van der Waals surface area contributed by atoms with Crippen molar-refractivity contribution in [1.82, 2.24) is 0 Å². The van der Waals surface area contributed by atoms with Gasteiger partial charge in [0.05, 0.1) is 29.7 Å². The number of nitro benzene ring substituents is 1. The fraction of sp³-hybridized carbons (Fsp3) is 0.600. The lowest BCUT2D eigenvalue weighted by molar-refractivity contribution is -0.384. The normalized spacial score (nSPS) is 22.4. The van der Waals surface area contributed by atoms with Gasteiger partial charge in [-0.25, -0.2) is 0 Å². The van der Waals surface area contributed by atoms with Crippen LogP contribution in [0, 0.1) is 10.1 Å². The molecular weight excluding hydrogens is 272 g/mol. The number of benzene rings is 1. The summed E-state index contributed by atoms with van der Waals surface area (Å²) < 4.78 is 5.37. The predicted molar refractivity (Wildman–Crippen MR) is 80.8 cm³/mol. The summed E-state index contributed by atoms with van der Waals surface area (Å²) >= 11 is 0. The van der Waals surface area contributed by atoms with Crippen molar-refractivity contribution in [3.05, 3.63) is 28.3 Å². The van der Waals surface area contributed by atoms with Gasteiger partial charge < -0.3 is 15.2 Å². The van der Waals surface area contributed by atoms with Crippen LogP contribution in [0.1, 0.15) is 39.0 Å². The average molecular weight is 294 g/mol. The van der Waals surface area contributed by atoms with E-state index in [1.165, 1.54) is 12.1 Å². The van der Waals surface area contributed by atoms with Crippen molar-refractivity contribution in [2.45, 2.75) is 51.2 Å². The molecule has 0 aliphatic heterocycles. The molecule has 2 N–H and O–H groups in total. The summed E-state index contributed by atoms with van der Waals surface area (Å²) in [6.07, 6.45) is 4.43. The number of rotatable bonds is 5. The van der Waals surface area contributed by atoms with Gasteiger partial charge in [0, 0.05) is 17.8 Å². The highest BCUT2D eigenvalue weighted by Crippen LogP contribution is 2.28. The number of nitrogens with zero attached hydrogens (tertiary/aromatic N) is 1. The Balaban J connectivity index is 2.19. The first-order chi connectivity index (χ1) is 10.1. The second-order valence-electron chi connectivity index (χ2n) is 5.36. The predicted octanol–water partition coefficient (Wildman–Crippen LogP) is 3.10. The van der Waals surface area contributed by atoms with Crippen LogP contribution in [-0.4, -0.2) is 28.8 Å². The van der Waals surface area contributed by atoms with E-state index in [0.29, 0.717) is 18.0 Å². The molecule has 0 radical (unpaired) electrons. The Bertz CT molecular complexity index is 493. The highest BCUT2D eigenvalue weighted by atomic mass is 16.6. The van der Waals surface area contributed by atoms with E-state index in [0.717, 1.165) is 32.1 Å². The molecule has 2 atom stereocenters. The molecule has 0 spiro atoms. The van der Waals surface area contributed by atoms with Gasteiger partial charge in [0.15, 0.2) is 0 Å². The van der Waals surface area contributed by atoms with Crippen molar-refractivity contribution in [3.8, 4) is 5.75 Å². The van der Waals surface area contributed by atoms with Gasteiger partial charge in [0.1, 0.15) is 5.75 Å². The number of ether oxygens (including phenoxy) is 1. The van der Waals surface area contributed by atoms with Crippen molar-refractivity contribution in [2.75, 3.05) is 11.9 Å². The van der Waals surface area contributed by atoms with Crippen molar-refractivity contribution in [3.63, 3.8) is 0 Å². The first-order valence-electron chi connectivity index (χ1n) is 7.47. The van der Waals surface area contributed by atoms with Crippen LogP contribution in [0.15, 0.2) is 18.2 Å². The van der Waals surface area contributed by atoms with Crippen LogP contribution >= 0.6 is 0 Å². The van der Waals surface area contributed by atoms with Crippen LogP contribution in [0.25, 0.3) is 0 Å². The number of nitro groups is 1. The van der Waals surface area contributed by atoms with E-state index >= 15 is 0 Å².